The first-order valence-corrected chi connectivity index (χ1v) is 8.90. The highest BCUT2D eigenvalue weighted by molar-refractivity contribution is 7.89. The van der Waals surface area contributed by atoms with Crippen LogP contribution >= 0.6 is 0 Å². The van der Waals surface area contributed by atoms with Gasteiger partial charge in [0.1, 0.15) is 24.2 Å². The Kier molecular flexibility index (Phi) is 6.19. The van der Waals surface area contributed by atoms with E-state index in [0.29, 0.717) is 11.5 Å². The predicted octanol–water partition coefficient (Wildman–Crippen LogP) is 1.72. The number of benzene rings is 2. The van der Waals surface area contributed by atoms with E-state index < -0.39 is 16.1 Å². The van der Waals surface area contributed by atoms with Gasteiger partial charge in [0.05, 0.1) is 12.0 Å². The fourth-order valence-electron chi connectivity index (χ4n) is 1.93. The first-order valence-electron chi connectivity index (χ1n) is 7.42. The molecular weight excluding hydrogens is 330 g/mol. The molecule has 7 heteroatoms. The number of ether oxygens (including phenoxy) is 2. The molecule has 0 aliphatic carbocycles. The third-order valence-electron chi connectivity index (χ3n) is 3.34. The first-order chi connectivity index (χ1) is 11.4. The van der Waals surface area contributed by atoms with E-state index in [2.05, 4.69) is 4.72 Å². The highest BCUT2D eigenvalue weighted by Gasteiger charge is 2.16. The number of methoxy groups -OCH3 is 1. The number of rotatable bonds is 8. The van der Waals surface area contributed by atoms with Crippen molar-refractivity contribution in [2.75, 3.05) is 20.3 Å². The first kappa shape index (κ1) is 18.3. The topological polar surface area (TPSA) is 84.9 Å². The van der Waals surface area contributed by atoms with Crippen molar-refractivity contribution in [3.63, 3.8) is 0 Å². The van der Waals surface area contributed by atoms with Crippen LogP contribution in [-0.4, -0.2) is 39.9 Å². The van der Waals surface area contributed by atoms with Crippen LogP contribution in [0, 0.1) is 6.92 Å². The molecule has 2 N–H and O–H groups in total. The standard InChI is InChI=1S/C17H21NO5S/c1-13-3-9-17(10-4-13)24(20,21)18-11-14(19)12-23-16-7-5-15(22-2)6-8-16/h3-10,14,18-19H,11-12H2,1-2H3/t14-/m1/s1. The smallest absolute Gasteiger partial charge is 0.240 e. The molecule has 0 aliphatic rings. The lowest BCUT2D eigenvalue weighted by Gasteiger charge is -2.14. The van der Waals surface area contributed by atoms with Crippen molar-refractivity contribution in [2.24, 2.45) is 0 Å². The van der Waals surface area contributed by atoms with Crippen molar-refractivity contribution in [1.29, 1.82) is 0 Å². The summed E-state index contributed by atoms with van der Waals surface area (Å²) in [4.78, 5) is 0.163. The van der Waals surface area contributed by atoms with Gasteiger partial charge < -0.3 is 14.6 Å². The van der Waals surface area contributed by atoms with Crippen LogP contribution in [0.25, 0.3) is 0 Å². The van der Waals surface area contributed by atoms with Crippen LogP contribution in [0.4, 0.5) is 0 Å². The summed E-state index contributed by atoms with van der Waals surface area (Å²) in [5.41, 5.74) is 0.974. The highest BCUT2D eigenvalue weighted by atomic mass is 32.2. The Balaban J connectivity index is 1.83. The van der Waals surface area contributed by atoms with Gasteiger partial charge in [0.15, 0.2) is 0 Å². The van der Waals surface area contributed by atoms with Crippen LogP contribution in [0.2, 0.25) is 0 Å². The van der Waals surface area contributed by atoms with Gasteiger partial charge in [-0.25, -0.2) is 13.1 Å². The van der Waals surface area contributed by atoms with Crippen LogP contribution in [-0.2, 0) is 10.0 Å². The van der Waals surface area contributed by atoms with Crippen LogP contribution in [0.5, 0.6) is 11.5 Å². The number of aryl methyl sites for hydroxylation is 1. The normalized spacial score (nSPS) is 12.6. The molecule has 2 rings (SSSR count). The zero-order chi connectivity index (χ0) is 17.6. The molecule has 6 nitrogen and oxygen atoms in total. The molecule has 0 fully saturated rings. The van der Waals surface area contributed by atoms with Gasteiger partial charge in [0.2, 0.25) is 10.0 Å². The Morgan fingerprint density at radius 3 is 2.21 bits per heavy atom. The molecule has 1 atom stereocenters. The van der Waals surface area contributed by atoms with Crippen molar-refractivity contribution in [3.8, 4) is 11.5 Å². The minimum atomic E-state index is -3.65. The van der Waals surface area contributed by atoms with Gasteiger partial charge in [-0.15, -0.1) is 0 Å². The number of hydrogen-bond acceptors (Lipinski definition) is 5. The second-order valence-electron chi connectivity index (χ2n) is 5.31. The monoisotopic (exact) mass is 351 g/mol. The Bertz CT molecular complexity index is 742. The zero-order valence-electron chi connectivity index (χ0n) is 13.6. The quantitative estimate of drug-likeness (QED) is 0.756. The van der Waals surface area contributed by atoms with E-state index >= 15 is 0 Å². The van der Waals surface area contributed by atoms with Gasteiger partial charge in [0, 0.05) is 6.54 Å². The molecule has 0 unspecified atom stereocenters. The number of nitrogens with one attached hydrogen (secondary N) is 1. The predicted molar refractivity (Wildman–Crippen MR) is 90.9 cm³/mol. The van der Waals surface area contributed by atoms with Gasteiger partial charge in [0.25, 0.3) is 0 Å². The van der Waals surface area contributed by atoms with Crippen molar-refractivity contribution in [2.45, 2.75) is 17.9 Å². The summed E-state index contributed by atoms with van der Waals surface area (Å²) in [6.45, 7) is 1.72. The van der Waals surface area contributed by atoms with Gasteiger partial charge >= 0.3 is 0 Å². The molecule has 0 radical (unpaired) electrons. The molecule has 0 saturated carbocycles. The van der Waals surface area contributed by atoms with Gasteiger partial charge in [-0.05, 0) is 43.3 Å². The molecule has 0 heterocycles. The van der Waals surface area contributed by atoms with E-state index in [9.17, 15) is 13.5 Å². The fourth-order valence-corrected chi connectivity index (χ4v) is 3.00. The lowest BCUT2D eigenvalue weighted by Crippen LogP contribution is -2.35. The second kappa shape index (κ2) is 8.14. The Labute approximate surface area is 142 Å². The molecule has 2 aromatic rings. The average molecular weight is 351 g/mol. The number of hydrogen-bond donors (Lipinski definition) is 2. The number of sulfonamides is 1. The lowest BCUT2D eigenvalue weighted by molar-refractivity contribution is 0.111. The van der Waals surface area contributed by atoms with Gasteiger partial charge in [-0.1, -0.05) is 17.7 Å². The lowest BCUT2D eigenvalue weighted by atomic mass is 10.2. The summed E-state index contributed by atoms with van der Waals surface area (Å²) >= 11 is 0. The maximum Gasteiger partial charge on any atom is 0.240 e. The van der Waals surface area contributed by atoms with E-state index in [1.807, 2.05) is 6.92 Å². The molecule has 0 bridgehead atoms. The van der Waals surface area contributed by atoms with Crippen molar-refractivity contribution >= 4 is 10.0 Å². The highest BCUT2D eigenvalue weighted by Crippen LogP contribution is 2.17. The van der Waals surface area contributed by atoms with Crippen LogP contribution in [0.3, 0.4) is 0 Å². The van der Waals surface area contributed by atoms with Crippen LogP contribution in [0.1, 0.15) is 5.56 Å². The second-order valence-corrected chi connectivity index (χ2v) is 7.07. The molecule has 24 heavy (non-hydrogen) atoms. The minimum Gasteiger partial charge on any atom is -0.497 e. The minimum absolute atomic E-state index is 0.0251. The van der Waals surface area contributed by atoms with Gasteiger partial charge in [-0.3, -0.25) is 0 Å². The van der Waals surface area contributed by atoms with Gasteiger partial charge in [-0.2, -0.15) is 0 Å². The van der Waals surface area contributed by atoms with Crippen molar-refractivity contribution in [1.82, 2.24) is 4.72 Å². The Morgan fingerprint density at radius 2 is 1.62 bits per heavy atom. The average Bonchev–Trinajstić information content (AvgIpc) is 2.59. The third kappa shape index (κ3) is 5.23. The molecule has 0 aliphatic heterocycles. The summed E-state index contributed by atoms with van der Waals surface area (Å²) in [5, 5.41) is 9.89. The van der Waals surface area contributed by atoms with Crippen molar-refractivity contribution in [3.05, 3.63) is 54.1 Å². The fraction of sp³-hybridized carbons (Fsp3) is 0.294. The van der Waals surface area contributed by atoms with Crippen LogP contribution in [0.15, 0.2) is 53.4 Å². The molecular formula is C17H21NO5S. The number of aliphatic hydroxyl groups is 1. The van der Waals surface area contributed by atoms with Crippen molar-refractivity contribution < 1.29 is 23.0 Å². The third-order valence-corrected chi connectivity index (χ3v) is 4.78. The Hall–Kier alpha value is -2.09. The summed E-state index contributed by atoms with van der Waals surface area (Å²) in [5.74, 6) is 1.27. The molecule has 0 aromatic heterocycles. The van der Waals surface area contributed by atoms with E-state index in [0.717, 1.165) is 5.56 Å². The summed E-state index contributed by atoms with van der Waals surface area (Å²) < 4.78 is 37.1. The Morgan fingerprint density at radius 1 is 1.04 bits per heavy atom. The summed E-state index contributed by atoms with van der Waals surface area (Å²) in [6.07, 6.45) is -0.965. The number of aliphatic hydroxyl groups excluding tert-OH is 1. The molecule has 0 amide bonds. The molecule has 0 saturated heterocycles. The summed E-state index contributed by atoms with van der Waals surface area (Å²) in [6, 6.07) is 13.4. The van der Waals surface area contributed by atoms with Crippen LogP contribution < -0.4 is 14.2 Å². The molecule has 0 spiro atoms. The molecule has 130 valence electrons. The van der Waals surface area contributed by atoms with E-state index in [4.69, 9.17) is 9.47 Å². The zero-order valence-corrected chi connectivity index (χ0v) is 14.4. The van der Waals surface area contributed by atoms with E-state index in [1.165, 1.54) is 12.1 Å². The summed E-state index contributed by atoms with van der Waals surface area (Å²) in [7, 11) is -2.08. The SMILES string of the molecule is COc1ccc(OC[C@H](O)CNS(=O)(=O)c2ccc(C)cc2)cc1. The molecule has 2 aromatic carbocycles. The maximum atomic E-state index is 12.1. The maximum absolute atomic E-state index is 12.1. The van der Waals surface area contributed by atoms with E-state index in [1.54, 1.807) is 43.5 Å². The largest absolute Gasteiger partial charge is 0.497 e. The van der Waals surface area contributed by atoms with E-state index in [-0.39, 0.29) is 18.0 Å².